The summed E-state index contributed by atoms with van der Waals surface area (Å²) >= 11 is 2.37. The minimum Gasteiger partial charge on any atom is -0.398 e. The van der Waals surface area contributed by atoms with Gasteiger partial charge < -0.3 is 8.85 Å². The first-order valence-corrected chi connectivity index (χ1v) is 7.39. The van der Waals surface area contributed by atoms with E-state index in [0.717, 1.165) is 6.04 Å². The van der Waals surface area contributed by atoms with Crippen molar-refractivity contribution in [3.8, 4) is 0 Å². The van der Waals surface area contributed by atoms with Crippen LogP contribution in [0.3, 0.4) is 0 Å². The SMILES string of the molecule is CO[Si](C)(CCCI)OC.[SiH4]. The molecule has 0 spiro atoms. The van der Waals surface area contributed by atoms with Crippen molar-refractivity contribution in [1.29, 1.82) is 0 Å². The summed E-state index contributed by atoms with van der Waals surface area (Å²) in [5.74, 6) is 0. The van der Waals surface area contributed by atoms with E-state index < -0.39 is 8.56 Å². The molecule has 0 saturated carbocycles. The van der Waals surface area contributed by atoms with Crippen LogP contribution in [-0.2, 0) is 8.85 Å². The maximum Gasteiger partial charge on any atom is 0.334 e. The summed E-state index contributed by atoms with van der Waals surface area (Å²) in [5.41, 5.74) is 0. The second-order valence-corrected chi connectivity index (χ2v) is 7.00. The fraction of sp³-hybridized carbons (Fsp3) is 1.00. The highest BCUT2D eigenvalue weighted by molar-refractivity contribution is 14.1. The van der Waals surface area contributed by atoms with E-state index in [4.69, 9.17) is 8.85 Å². The third-order valence-electron chi connectivity index (χ3n) is 1.63. The lowest BCUT2D eigenvalue weighted by molar-refractivity contribution is 0.249. The molecule has 2 nitrogen and oxygen atoms in total. The van der Waals surface area contributed by atoms with Gasteiger partial charge in [0.1, 0.15) is 0 Å². The van der Waals surface area contributed by atoms with Gasteiger partial charge in [0.15, 0.2) is 0 Å². The van der Waals surface area contributed by atoms with E-state index in [9.17, 15) is 0 Å². The number of halogens is 1. The smallest absolute Gasteiger partial charge is 0.334 e. The monoisotopic (exact) mass is 306 g/mol. The fourth-order valence-electron chi connectivity index (χ4n) is 0.675. The Morgan fingerprint density at radius 3 is 2.00 bits per heavy atom. The van der Waals surface area contributed by atoms with Gasteiger partial charge in [0, 0.05) is 14.2 Å². The van der Waals surface area contributed by atoms with Crippen LogP contribution in [0.1, 0.15) is 6.42 Å². The van der Waals surface area contributed by atoms with Crippen molar-refractivity contribution >= 4 is 42.1 Å². The highest BCUT2D eigenvalue weighted by Crippen LogP contribution is 2.14. The Morgan fingerprint density at radius 2 is 1.73 bits per heavy atom. The van der Waals surface area contributed by atoms with Gasteiger partial charge in [-0.15, -0.1) is 0 Å². The Hall–Kier alpha value is 1.08. The predicted molar refractivity (Wildman–Crippen MR) is 65.3 cm³/mol. The van der Waals surface area contributed by atoms with Crippen molar-refractivity contribution in [3.63, 3.8) is 0 Å². The molecular weight excluding hydrogens is 287 g/mol. The standard InChI is InChI=1S/C6H15IO2Si.H4Si/c1-8-10(3,9-2)6-4-5-7;/h4-6H2,1-3H3;1H4. The highest BCUT2D eigenvalue weighted by atomic mass is 127. The van der Waals surface area contributed by atoms with Crippen LogP contribution in [-0.4, -0.2) is 38.2 Å². The molecule has 0 saturated heterocycles. The molecule has 11 heavy (non-hydrogen) atoms. The van der Waals surface area contributed by atoms with E-state index in [2.05, 4.69) is 29.1 Å². The third-order valence-corrected chi connectivity index (χ3v) is 5.38. The molecule has 70 valence electrons. The lowest BCUT2D eigenvalue weighted by Crippen LogP contribution is -2.35. The number of rotatable bonds is 5. The van der Waals surface area contributed by atoms with E-state index in [1.165, 1.54) is 10.8 Å². The van der Waals surface area contributed by atoms with Crippen molar-refractivity contribution < 1.29 is 8.85 Å². The summed E-state index contributed by atoms with van der Waals surface area (Å²) in [6, 6.07) is 1.10. The molecule has 0 unspecified atom stereocenters. The van der Waals surface area contributed by atoms with Crippen LogP contribution in [0, 0.1) is 0 Å². The van der Waals surface area contributed by atoms with Crippen LogP contribution < -0.4 is 0 Å². The van der Waals surface area contributed by atoms with Crippen molar-refractivity contribution in [1.82, 2.24) is 0 Å². The molecule has 0 fully saturated rings. The number of alkyl halides is 1. The molecule has 0 bridgehead atoms. The molecule has 0 aromatic rings. The van der Waals surface area contributed by atoms with Crippen LogP contribution >= 0.6 is 22.6 Å². The maximum atomic E-state index is 5.30. The average molecular weight is 306 g/mol. The number of hydrogen-bond acceptors (Lipinski definition) is 2. The van der Waals surface area contributed by atoms with Gasteiger partial charge in [-0.05, 0) is 34.4 Å². The second kappa shape index (κ2) is 7.72. The molecule has 0 heterocycles. The zero-order valence-electron chi connectivity index (χ0n) is 6.82. The Bertz CT molecular complexity index is 88.7. The normalized spacial score (nSPS) is 10.9. The predicted octanol–water partition coefficient (Wildman–Crippen LogP) is 0.725. The maximum absolute atomic E-state index is 5.30. The number of hydrogen-bond donors (Lipinski definition) is 0. The summed E-state index contributed by atoms with van der Waals surface area (Å²) in [7, 11) is 1.75. The van der Waals surface area contributed by atoms with E-state index in [-0.39, 0.29) is 11.0 Å². The molecule has 0 aromatic carbocycles. The van der Waals surface area contributed by atoms with Crippen molar-refractivity contribution in [2.24, 2.45) is 0 Å². The van der Waals surface area contributed by atoms with E-state index in [1.54, 1.807) is 14.2 Å². The summed E-state index contributed by atoms with van der Waals surface area (Å²) in [6.45, 7) is 2.10. The van der Waals surface area contributed by atoms with Crippen LogP contribution in [0.4, 0.5) is 0 Å². The molecule has 0 aliphatic heterocycles. The van der Waals surface area contributed by atoms with Gasteiger partial charge in [0.2, 0.25) is 0 Å². The van der Waals surface area contributed by atoms with Gasteiger partial charge in [-0.1, -0.05) is 22.6 Å². The second-order valence-electron chi connectivity index (χ2n) is 2.33. The highest BCUT2D eigenvalue weighted by Gasteiger charge is 2.27. The van der Waals surface area contributed by atoms with Gasteiger partial charge in [0.05, 0.1) is 0 Å². The Balaban J connectivity index is 0. The molecular formula is C6H19IO2Si2. The fourth-order valence-corrected chi connectivity index (χ4v) is 3.17. The molecule has 0 radical (unpaired) electrons. The summed E-state index contributed by atoms with van der Waals surface area (Å²) in [5, 5.41) is 0. The van der Waals surface area contributed by atoms with Crippen molar-refractivity contribution in [2.45, 2.75) is 19.0 Å². The summed E-state index contributed by atoms with van der Waals surface area (Å²) in [6.07, 6.45) is 1.20. The zero-order valence-corrected chi connectivity index (χ0v) is 9.97. The molecule has 0 aliphatic rings. The largest absolute Gasteiger partial charge is 0.398 e. The van der Waals surface area contributed by atoms with E-state index in [1.807, 2.05) is 0 Å². The summed E-state index contributed by atoms with van der Waals surface area (Å²) in [4.78, 5) is 0. The zero-order chi connectivity index (χ0) is 8.04. The van der Waals surface area contributed by atoms with Gasteiger partial charge >= 0.3 is 8.56 Å². The lowest BCUT2D eigenvalue weighted by atomic mass is 10.6. The average Bonchev–Trinajstić information content (AvgIpc) is 2.00. The molecule has 0 aromatic heterocycles. The minimum absolute atomic E-state index is 0. The minimum atomic E-state index is -1.72. The van der Waals surface area contributed by atoms with Crippen LogP contribution in [0.5, 0.6) is 0 Å². The van der Waals surface area contributed by atoms with Crippen molar-refractivity contribution in [3.05, 3.63) is 0 Å². The molecule has 0 rings (SSSR count). The van der Waals surface area contributed by atoms with Crippen LogP contribution in [0.15, 0.2) is 0 Å². The first kappa shape index (κ1) is 14.6. The summed E-state index contributed by atoms with van der Waals surface area (Å²) < 4.78 is 11.8. The first-order chi connectivity index (χ1) is 4.68. The van der Waals surface area contributed by atoms with Gasteiger partial charge in [-0.3, -0.25) is 0 Å². The van der Waals surface area contributed by atoms with E-state index >= 15 is 0 Å². The van der Waals surface area contributed by atoms with Gasteiger partial charge in [0.25, 0.3) is 0 Å². The Labute approximate surface area is 88.5 Å². The van der Waals surface area contributed by atoms with Crippen LogP contribution in [0.2, 0.25) is 12.6 Å². The van der Waals surface area contributed by atoms with Crippen molar-refractivity contribution in [2.75, 3.05) is 18.6 Å². The molecule has 0 atom stereocenters. The van der Waals surface area contributed by atoms with Crippen LogP contribution in [0.25, 0.3) is 0 Å². The topological polar surface area (TPSA) is 18.5 Å². The Morgan fingerprint density at radius 1 is 1.27 bits per heavy atom. The van der Waals surface area contributed by atoms with Gasteiger partial charge in [-0.25, -0.2) is 0 Å². The first-order valence-electron chi connectivity index (χ1n) is 3.35. The molecule has 5 heteroatoms. The molecule has 0 aliphatic carbocycles. The molecule has 0 amide bonds. The molecule has 0 N–H and O–H groups in total. The quantitative estimate of drug-likeness (QED) is 0.423. The lowest BCUT2D eigenvalue weighted by Gasteiger charge is -2.21. The Kier molecular flexibility index (Phi) is 10.2. The van der Waals surface area contributed by atoms with Gasteiger partial charge in [-0.2, -0.15) is 0 Å². The third kappa shape index (κ3) is 6.26. The van der Waals surface area contributed by atoms with E-state index in [0.29, 0.717) is 0 Å².